The highest BCUT2D eigenvalue weighted by molar-refractivity contribution is 5.90. The Morgan fingerprint density at radius 2 is 1.63 bits per heavy atom. The third-order valence-electron chi connectivity index (χ3n) is 4.92. The van der Waals surface area contributed by atoms with Crippen LogP contribution in [0.5, 0.6) is 0 Å². The van der Waals surface area contributed by atoms with E-state index >= 15 is 0 Å². The van der Waals surface area contributed by atoms with Crippen molar-refractivity contribution in [1.29, 1.82) is 0 Å². The van der Waals surface area contributed by atoms with Crippen molar-refractivity contribution in [3.05, 3.63) is 101 Å². The molecule has 3 rings (SSSR count). The van der Waals surface area contributed by atoms with Crippen molar-refractivity contribution in [3.63, 3.8) is 0 Å². The largest absolute Gasteiger partial charge is 0.361 e. The highest BCUT2D eigenvalue weighted by Crippen LogP contribution is 2.18. The molecular formula is C31H46N4O3. The number of carbonyl (C=O) groups excluding carboxylic acids is 1. The van der Waals surface area contributed by atoms with Gasteiger partial charge in [-0.1, -0.05) is 74.0 Å². The first-order valence-corrected chi connectivity index (χ1v) is 12.8. The molecule has 0 atom stereocenters. The zero-order valence-corrected chi connectivity index (χ0v) is 24.0. The molecule has 38 heavy (non-hydrogen) atoms. The van der Waals surface area contributed by atoms with E-state index in [9.17, 15) is 4.79 Å². The van der Waals surface area contributed by atoms with Crippen molar-refractivity contribution in [2.45, 2.75) is 54.5 Å². The second-order valence-electron chi connectivity index (χ2n) is 8.62. The number of H-pyrrole nitrogens is 1. The Kier molecular flexibility index (Phi) is 18.7. The van der Waals surface area contributed by atoms with E-state index in [1.807, 2.05) is 51.2 Å². The maximum atomic E-state index is 11.0. The molecule has 208 valence electrons. The molecule has 0 unspecified atom stereocenters. The number of carbonyl (C=O) groups is 1. The number of fused-ring (bicyclic) bond motifs is 1. The average molecular weight is 523 g/mol. The first-order chi connectivity index (χ1) is 18.2. The van der Waals surface area contributed by atoms with Crippen molar-refractivity contribution in [2.75, 3.05) is 13.6 Å². The smallest absolute Gasteiger partial charge is 0.267 e. The highest BCUT2D eigenvalue weighted by Gasteiger charge is 2.01. The normalized spacial score (nSPS) is 9.82. The number of hydroxylamine groups is 2. The second kappa shape index (κ2) is 20.6. The quantitative estimate of drug-likeness (QED) is 0.0667. The van der Waals surface area contributed by atoms with Crippen LogP contribution in [0.2, 0.25) is 0 Å². The number of rotatable bonds is 8. The van der Waals surface area contributed by atoms with Crippen LogP contribution in [0.25, 0.3) is 17.0 Å². The number of aromatic nitrogens is 1. The topological polar surface area (TPSA) is 109 Å². The van der Waals surface area contributed by atoms with Crippen LogP contribution in [-0.4, -0.2) is 34.9 Å². The van der Waals surface area contributed by atoms with Gasteiger partial charge in [-0.15, -0.1) is 0 Å². The van der Waals surface area contributed by atoms with E-state index in [2.05, 4.69) is 61.9 Å². The molecule has 7 heteroatoms. The van der Waals surface area contributed by atoms with E-state index in [1.165, 1.54) is 46.3 Å². The molecule has 0 saturated heterocycles. The van der Waals surface area contributed by atoms with E-state index < -0.39 is 5.91 Å². The van der Waals surface area contributed by atoms with Gasteiger partial charge in [-0.2, -0.15) is 0 Å². The number of hydrogen-bond donors (Lipinski definition) is 6. The minimum absolute atomic E-state index is 0.538. The number of aromatic amines is 1. The molecule has 7 nitrogen and oxygen atoms in total. The third kappa shape index (κ3) is 14.9. The summed E-state index contributed by atoms with van der Waals surface area (Å²) in [6.45, 7) is 17.7. The van der Waals surface area contributed by atoms with Crippen LogP contribution in [0.1, 0.15) is 56.9 Å². The summed E-state index contributed by atoms with van der Waals surface area (Å²) in [4.78, 5) is 14.3. The second-order valence-corrected chi connectivity index (χ2v) is 8.62. The zero-order chi connectivity index (χ0) is 28.9. The highest BCUT2D eigenvalue weighted by atomic mass is 16.5. The van der Waals surface area contributed by atoms with Crippen molar-refractivity contribution in [1.82, 2.24) is 21.3 Å². The van der Waals surface area contributed by atoms with Gasteiger partial charge in [0.2, 0.25) is 0 Å². The molecule has 1 aromatic heterocycles. The van der Waals surface area contributed by atoms with Crippen molar-refractivity contribution >= 4 is 22.9 Å². The molecule has 0 aliphatic rings. The van der Waals surface area contributed by atoms with Gasteiger partial charge in [0.25, 0.3) is 5.91 Å². The summed E-state index contributed by atoms with van der Waals surface area (Å²) < 4.78 is 0. The van der Waals surface area contributed by atoms with Crippen LogP contribution in [0.3, 0.4) is 0 Å². The number of allylic oxidation sites excluding steroid dienone is 3. The summed E-state index contributed by atoms with van der Waals surface area (Å²) in [7, 11) is 1.43. The molecule has 0 radical (unpaired) electrons. The Bertz CT molecular complexity index is 1140. The fourth-order valence-corrected chi connectivity index (χ4v) is 3.39. The maximum Gasteiger partial charge on any atom is 0.267 e. The molecular weight excluding hydrogens is 476 g/mol. The summed E-state index contributed by atoms with van der Waals surface area (Å²) in [6.07, 6.45) is 8.02. The maximum absolute atomic E-state index is 11.0. The molecule has 0 fully saturated rings. The molecule has 3 aromatic rings. The van der Waals surface area contributed by atoms with Crippen LogP contribution >= 0.6 is 0 Å². The van der Waals surface area contributed by atoms with Crippen LogP contribution in [-0.2, 0) is 17.8 Å². The third-order valence-corrected chi connectivity index (χ3v) is 4.92. The Morgan fingerprint density at radius 3 is 2.16 bits per heavy atom. The number of nitrogens with one attached hydrogen (secondary N) is 4. The van der Waals surface area contributed by atoms with Gasteiger partial charge in [0.05, 0.1) is 0 Å². The predicted octanol–water partition coefficient (Wildman–Crippen LogP) is 6.48. The number of amides is 1. The first kappa shape index (κ1) is 34.5. The van der Waals surface area contributed by atoms with Gasteiger partial charge in [0.15, 0.2) is 0 Å². The Morgan fingerprint density at radius 1 is 1.03 bits per heavy atom. The monoisotopic (exact) mass is 522 g/mol. The summed E-state index contributed by atoms with van der Waals surface area (Å²) in [5.74, 6) is -0.538. The van der Waals surface area contributed by atoms with Crippen molar-refractivity contribution < 1.29 is 15.2 Å². The van der Waals surface area contributed by atoms with Gasteiger partial charge in [0, 0.05) is 36.8 Å². The SMILES string of the molecule is C=C(C)C=C(C)C.CC.CNO.Cc1c[nH]c2cc(CCNCc3ccc(/C=C/C(=O)NO)cc3)ccc12. The summed E-state index contributed by atoms with van der Waals surface area (Å²) in [6, 6.07) is 14.5. The predicted molar refractivity (Wildman–Crippen MR) is 160 cm³/mol. The van der Waals surface area contributed by atoms with E-state index in [1.54, 1.807) is 17.0 Å². The molecule has 1 heterocycles. The van der Waals surface area contributed by atoms with Gasteiger partial charge in [-0.05, 0) is 75.1 Å². The Balaban J connectivity index is 0.000000966. The molecule has 0 saturated carbocycles. The molecule has 1 amide bonds. The lowest BCUT2D eigenvalue weighted by atomic mass is 10.1. The minimum atomic E-state index is -0.538. The lowest BCUT2D eigenvalue weighted by Crippen LogP contribution is -2.16. The van der Waals surface area contributed by atoms with E-state index in [0.717, 1.165) is 30.6 Å². The average Bonchev–Trinajstić information content (AvgIpc) is 3.27. The Labute approximate surface area is 228 Å². The standard InChI is InChI=1S/C21H23N3O2.C7H12.C2H6.CH5NO/c1-15-13-23-20-12-17(6-8-19(15)20)10-11-22-14-18-4-2-16(3-5-18)7-9-21(25)24-26;1-6(2)5-7(3)4;1-2;1-2-3/h2-9,12-13,22-23,26H,10-11,14H2,1H3,(H,24,25);5H,1H2,2-4H3;1-2H3;2-3H,1H3/b9-7+;;;. The summed E-state index contributed by atoms with van der Waals surface area (Å²) in [5, 5.41) is 20.5. The molecule has 0 aliphatic heterocycles. The fraction of sp³-hybridized carbons (Fsp3) is 0.323. The summed E-state index contributed by atoms with van der Waals surface area (Å²) >= 11 is 0. The molecule has 0 bridgehead atoms. The molecule has 6 N–H and O–H groups in total. The lowest BCUT2D eigenvalue weighted by Gasteiger charge is -2.06. The van der Waals surface area contributed by atoms with Crippen molar-refractivity contribution in [2.24, 2.45) is 0 Å². The van der Waals surface area contributed by atoms with Gasteiger partial charge >= 0.3 is 0 Å². The van der Waals surface area contributed by atoms with Gasteiger partial charge in [0.1, 0.15) is 0 Å². The summed E-state index contributed by atoms with van der Waals surface area (Å²) in [5.41, 5.74) is 11.6. The van der Waals surface area contributed by atoms with E-state index in [0.29, 0.717) is 0 Å². The zero-order valence-electron chi connectivity index (χ0n) is 24.0. The van der Waals surface area contributed by atoms with E-state index in [4.69, 9.17) is 10.4 Å². The van der Waals surface area contributed by atoms with Gasteiger partial charge in [-0.3, -0.25) is 10.0 Å². The van der Waals surface area contributed by atoms with Crippen molar-refractivity contribution in [3.8, 4) is 0 Å². The minimum Gasteiger partial charge on any atom is -0.361 e. The van der Waals surface area contributed by atoms with Gasteiger partial charge < -0.3 is 15.5 Å². The lowest BCUT2D eigenvalue weighted by molar-refractivity contribution is -0.124. The van der Waals surface area contributed by atoms with Crippen LogP contribution in [0, 0.1) is 6.92 Å². The number of benzene rings is 2. The van der Waals surface area contributed by atoms with Crippen LogP contribution < -0.4 is 16.3 Å². The van der Waals surface area contributed by atoms with Crippen LogP contribution in [0.15, 0.2) is 78.5 Å². The Hall–Kier alpha value is -3.49. The fourth-order valence-electron chi connectivity index (χ4n) is 3.39. The van der Waals surface area contributed by atoms with Crippen LogP contribution in [0.4, 0.5) is 0 Å². The first-order valence-electron chi connectivity index (χ1n) is 12.8. The molecule has 2 aromatic carbocycles. The van der Waals surface area contributed by atoms with Gasteiger partial charge in [-0.25, -0.2) is 11.0 Å². The van der Waals surface area contributed by atoms with E-state index in [-0.39, 0.29) is 0 Å². The number of hydrogen-bond acceptors (Lipinski definition) is 5. The number of aryl methyl sites for hydroxylation is 1. The molecule has 0 spiro atoms. The molecule has 0 aliphatic carbocycles.